The predicted molar refractivity (Wildman–Crippen MR) is 330 cm³/mol. The van der Waals surface area contributed by atoms with Gasteiger partial charge in [-0.25, -0.2) is 4.57 Å². The second-order valence-electron chi connectivity index (χ2n) is 20.2. The molecule has 0 saturated carbocycles. The quantitative estimate of drug-likeness (QED) is 0.0264. The van der Waals surface area contributed by atoms with Crippen molar-refractivity contribution in [3.8, 4) is 0 Å². The van der Waals surface area contributed by atoms with Crippen molar-refractivity contribution in [1.29, 1.82) is 0 Å². The molecule has 2 atom stereocenters. The third kappa shape index (κ3) is 61.5. The molecule has 0 amide bonds. The van der Waals surface area contributed by atoms with E-state index >= 15 is 0 Å². The van der Waals surface area contributed by atoms with Gasteiger partial charge in [-0.1, -0.05) is 264 Å². The normalized spacial score (nSPS) is 13.9. The van der Waals surface area contributed by atoms with E-state index in [-0.39, 0.29) is 32.6 Å². The minimum atomic E-state index is -4.39. The Bertz CT molecular complexity index is 1670. The molecule has 0 aromatic heterocycles. The van der Waals surface area contributed by atoms with E-state index in [0.717, 1.165) is 116 Å². The first kappa shape index (κ1) is 73.4. The summed E-state index contributed by atoms with van der Waals surface area (Å²) in [5.41, 5.74) is 5.38. The molecule has 0 rings (SSSR count). The summed E-state index contributed by atoms with van der Waals surface area (Å²) >= 11 is 0. The fourth-order valence-corrected chi connectivity index (χ4v) is 9.10. The highest BCUT2D eigenvalue weighted by Gasteiger charge is 2.26. The van der Waals surface area contributed by atoms with Gasteiger partial charge in [-0.3, -0.25) is 18.6 Å². The summed E-state index contributed by atoms with van der Waals surface area (Å²) in [6.45, 7) is 3.50. The number of phosphoric acid groups is 1. The van der Waals surface area contributed by atoms with E-state index in [1.165, 1.54) is 103 Å². The van der Waals surface area contributed by atoms with Gasteiger partial charge in [0.25, 0.3) is 0 Å². The van der Waals surface area contributed by atoms with Crippen molar-refractivity contribution < 1.29 is 37.6 Å². The lowest BCUT2D eigenvalue weighted by Gasteiger charge is -2.19. The van der Waals surface area contributed by atoms with E-state index in [0.29, 0.717) is 12.8 Å². The highest BCUT2D eigenvalue weighted by molar-refractivity contribution is 7.47. The first-order chi connectivity index (χ1) is 37.8. The van der Waals surface area contributed by atoms with Gasteiger partial charge in [0.05, 0.1) is 13.2 Å². The van der Waals surface area contributed by atoms with Gasteiger partial charge in [0, 0.05) is 19.4 Å². The molecule has 0 radical (unpaired) electrons. The van der Waals surface area contributed by atoms with Crippen LogP contribution in [0.1, 0.15) is 258 Å². The van der Waals surface area contributed by atoms with Gasteiger partial charge >= 0.3 is 19.8 Å². The fraction of sp³-hybridized carbons (Fsp3) is 0.672. The van der Waals surface area contributed by atoms with Crippen molar-refractivity contribution >= 4 is 19.8 Å². The van der Waals surface area contributed by atoms with Gasteiger partial charge < -0.3 is 20.1 Å². The minimum absolute atomic E-state index is 0.0473. The summed E-state index contributed by atoms with van der Waals surface area (Å²) in [5, 5.41) is 0. The summed E-state index contributed by atoms with van der Waals surface area (Å²) in [5.74, 6) is -0.847. The third-order valence-electron chi connectivity index (χ3n) is 12.8. The molecule has 0 fully saturated rings. The van der Waals surface area contributed by atoms with Crippen molar-refractivity contribution in [3.05, 3.63) is 122 Å². The van der Waals surface area contributed by atoms with Crippen molar-refractivity contribution in [1.82, 2.24) is 0 Å². The summed E-state index contributed by atoms with van der Waals surface area (Å²) < 4.78 is 33.0. The van der Waals surface area contributed by atoms with Crippen LogP contribution in [0.15, 0.2) is 122 Å². The maximum absolute atomic E-state index is 12.7. The monoisotopic (exact) mass is 1090 g/mol. The molecule has 0 spiro atoms. The largest absolute Gasteiger partial charge is 0.472 e. The Morgan fingerprint density at radius 1 is 0.390 bits per heavy atom. The minimum Gasteiger partial charge on any atom is -0.462 e. The summed E-state index contributed by atoms with van der Waals surface area (Å²) in [7, 11) is -4.39. The summed E-state index contributed by atoms with van der Waals surface area (Å²) in [4.78, 5) is 35.1. The molecule has 0 aromatic rings. The zero-order valence-corrected chi connectivity index (χ0v) is 50.0. The molecule has 77 heavy (non-hydrogen) atoms. The van der Waals surface area contributed by atoms with Crippen LogP contribution in [0, 0.1) is 0 Å². The summed E-state index contributed by atoms with van der Waals surface area (Å²) in [6, 6.07) is 0. The lowest BCUT2D eigenvalue weighted by molar-refractivity contribution is -0.161. The van der Waals surface area contributed by atoms with Crippen LogP contribution in [0.3, 0.4) is 0 Å². The van der Waals surface area contributed by atoms with Crippen molar-refractivity contribution in [2.45, 2.75) is 264 Å². The molecule has 0 aromatic carbocycles. The van der Waals surface area contributed by atoms with Crippen LogP contribution in [0.5, 0.6) is 0 Å². The molecule has 0 aliphatic rings. The zero-order chi connectivity index (χ0) is 55.9. The number of nitrogens with two attached hydrogens (primary N) is 1. The maximum Gasteiger partial charge on any atom is 0.472 e. The van der Waals surface area contributed by atoms with Gasteiger partial charge in [0.1, 0.15) is 6.61 Å². The van der Waals surface area contributed by atoms with Gasteiger partial charge in [-0.15, -0.1) is 0 Å². The number of allylic oxidation sites excluding steroid dienone is 20. The van der Waals surface area contributed by atoms with E-state index in [1.807, 2.05) is 0 Å². The van der Waals surface area contributed by atoms with Crippen LogP contribution in [-0.2, 0) is 32.7 Å². The highest BCUT2D eigenvalue weighted by Crippen LogP contribution is 2.43. The molecule has 3 N–H and O–H groups in total. The van der Waals surface area contributed by atoms with Crippen molar-refractivity contribution in [3.63, 3.8) is 0 Å². The smallest absolute Gasteiger partial charge is 0.462 e. The number of rotatable bonds is 57. The number of hydrogen-bond acceptors (Lipinski definition) is 8. The van der Waals surface area contributed by atoms with Crippen LogP contribution in [-0.4, -0.2) is 49.3 Å². The van der Waals surface area contributed by atoms with E-state index in [2.05, 4.69) is 135 Å². The Balaban J connectivity index is 3.84. The number of hydrogen-bond donors (Lipinski definition) is 2. The molecule has 440 valence electrons. The zero-order valence-electron chi connectivity index (χ0n) is 49.2. The first-order valence-electron chi connectivity index (χ1n) is 31.0. The van der Waals surface area contributed by atoms with Crippen LogP contribution in [0.2, 0.25) is 0 Å². The van der Waals surface area contributed by atoms with Crippen LogP contribution >= 0.6 is 7.82 Å². The molecule has 0 bridgehead atoms. The SMILES string of the molecule is CC/C=C\C/C=C\C/C=C\C/C=C\C/C=C\C/C=C\C/C=C\CCCCCCCCCCCCCCCCCCCCCC(=O)OC(COC(=O)CCCCCCC/C=C\C/C=C\C/C=C\CC)COP(=O)(O)OCCN. The van der Waals surface area contributed by atoms with Crippen LogP contribution in [0.4, 0.5) is 0 Å². The van der Waals surface area contributed by atoms with E-state index < -0.39 is 32.5 Å². The Hall–Kier alpha value is -3.59. The van der Waals surface area contributed by atoms with Gasteiger partial charge in [-0.2, -0.15) is 0 Å². The van der Waals surface area contributed by atoms with Crippen LogP contribution in [0.25, 0.3) is 0 Å². The lowest BCUT2D eigenvalue weighted by atomic mass is 10.0. The Labute approximate surface area is 472 Å². The van der Waals surface area contributed by atoms with Gasteiger partial charge in [-0.05, 0) is 103 Å². The molecule has 0 heterocycles. The molecular formula is C67H114NO8P. The molecular weight excluding hydrogens is 978 g/mol. The second-order valence-corrected chi connectivity index (χ2v) is 21.6. The molecule has 0 aliphatic carbocycles. The molecule has 0 aliphatic heterocycles. The average molecular weight is 1090 g/mol. The second kappa shape index (κ2) is 61.6. The Kier molecular flexibility index (Phi) is 58.7. The van der Waals surface area contributed by atoms with Crippen molar-refractivity contribution in [2.75, 3.05) is 26.4 Å². The third-order valence-corrected chi connectivity index (χ3v) is 13.8. The van der Waals surface area contributed by atoms with Gasteiger partial charge in [0.15, 0.2) is 6.10 Å². The molecule has 10 heteroatoms. The number of carbonyl (C=O) groups excluding carboxylic acids is 2. The first-order valence-corrected chi connectivity index (χ1v) is 32.5. The molecule has 0 saturated heterocycles. The number of carbonyl (C=O) groups is 2. The average Bonchev–Trinajstić information content (AvgIpc) is 3.42. The number of ether oxygens (including phenoxy) is 2. The van der Waals surface area contributed by atoms with E-state index in [4.69, 9.17) is 24.3 Å². The Morgan fingerprint density at radius 3 is 1.00 bits per heavy atom. The van der Waals surface area contributed by atoms with E-state index in [1.54, 1.807) is 0 Å². The number of unbranched alkanes of at least 4 members (excludes halogenated alkanes) is 24. The highest BCUT2D eigenvalue weighted by atomic mass is 31.2. The lowest BCUT2D eigenvalue weighted by Crippen LogP contribution is -2.29. The topological polar surface area (TPSA) is 134 Å². The number of esters is 2. The standard InChI is InChI=1S/C67H114NO8P/c1-3-5-7-9-11-13-15-17-19-20-21-22-23-24-25-26-27-28-29-30-31-32-33-34-35-36-37-38-39-40-41-42-43-44-46-48-50-52-54-56-58-60-67(70)76-65(64-75-77(71,72)74-62-61-68)63-73-66(69)59-57-55-53-51-49-47-45-18-16-14-12-10-8-6-4-2/h5-8,11-14,17-19,21-22,24-25,27-28,30-31,45,65H,3-4,9-10,15-16,20,23,26,29,32-44,46-64,68H2,1-2H3,(H,71,72)/b7-5-,8-6-,13-11-,14-12-,19-17-,22-21-,25-24-,28-27-,31-30-,45-18-. The fourth-order valence-electron chi connectivity index (χ4n) is 8.34. The molecule has 9 nitrogen and oxygen atoms in total. The Morgan fingerprint density at radius 2 is 0.675 bits per heavy atom. The maximum atomic E-state index is 12.7. The van der Waals surface area contributed by atoms with Crippen molar-refractivity contribution in [2.24, 2.45) is 5.73 Å². The van der Waals surface area contributed by atoms with Gasteiger partial charge in [0.2, 0.25) is 0 Å². The predicted octanol–water partition coefficient (Wildman–Crippen LogP) is 20.0. The number of phosphoric ester groups is 1. The molecule has 2 unspecified atom stereocenters. The van der Waals surface area contributed by atoms with E-state index in [9.17, 15) is 19.0 Å². The van der Waals surface area contributed by atoms with Crippen LogP contribution < -0.4 is 5.73 Å². The summed E-state index contributed by atoms with van der Waals surface area (Å²) in [6.07, 6.45) is 85.7.